The summed E-state index contributed by atoms with van der Waals surface area (Å²) in [6.45, 7) is 2.84. The van der Waals surface area contributed by atoms with Gasteiger partial charge < -0.3 is 15.4 Å². The van der Waals surface area contributed by atoms with Gasteiger partial charge in [-0.2, -0.15) is 9.97 Å². The predicted octanol–water partition coefficient (Wildman–Crippen LogP) is 1.73. The van der Waals surface area contributed by atoms with Crippen LogP contribution in [0.4, 0.5) is 5.82 Å². The zero-order valence-electron chi connectivity index (χ0n) is 11.5. The molecular formula is C14H22N4O. The molecule has 2 aliphatic rings. The largest absolute Gasteiger partial charge is 0.467 e. The summed E-state index contributed by atoms with van der Waals surface area (Å²) in [6.07, 6.45) is 6.44. The first-order valence-corrected chi connectivity index (χ1v) is 7.25. The van der Waals surface area contributed by atoms with Crippen molar-refractivity contribution in [2.45, 2.75) is 38.6 Å². The molecule has 1 aromatic heterocycles. The van der Waals surface area contributed by atoms with E-state index in [4.69, 9.17) is 4.74 Å². The third-order valence-corrected chi connectivity index (χ3v) is 4.13. The molecule has 1 fully saturated rings. The number of hydrogen-bond acceptors (Lipinski definition) is 5. The van der Waals surface area contributed by atoms with Gasteiger partial charge in [-0.15, -0.1) is 0 Å². The fourth-order valence-corrected chi connectivity index (χ4v) is 3.03. The van der Waals surface area contributed by atoms with Gasteiger partial charge in [0, 0.05) is 18.7 Å². The maximum Gasteiger partial charge on any atom is 0.318 e. The second kappa shape index (κ2) is 5.74. The summed E-state index contributed by atoms with van der Waals surface area (Å²) in [5.41, 5.74) is 2.34. The molecule has 1 aromatic rings. The highest BCUT2D eigenvalue weighted by atomic mass is 16.5. The lowest BCUT2D eigenvalue weighted by Crippen LogP contribution is -2.27. The van der Waals surface area contributed by atoms with E-state index in [1.165, 1.54) is 31.2 Å². The van der Waals surface area contributed by atoms with Crippen molar-refractivity contribution in [2.24, 2.45) is 5.92 Å². The second-order valence-corrected chi connectivity index (χ2v) is 5.44. The molecule has 0 aromatic carbocycles. The molecule has 2 heterocycles. The number of rotatable bonds is 4. The van der Waals surface area contributed by atoms with Crippen LogP contribution >= 0.6 is 0 Å². The highest BCUT2D eigenvalue weighted by molar-refractivity contribution is 5.48. The lowest BCUT2D eigenvalue weighted by atomic mass is 10.1. The molecule has 1 aliphatic carbocycles. The van der Waals surface area contributed by atoms with Gasteiger partial charge in [-0.1, -0.05) is 12.8 Å². The van der Waals surface area contributed by atoms with E-state index < -0.39 is 0 Å². The van der Waals surface area contributed by atoms with Crippen LogP contribution in [0.25, 0.3) is 0 Å². The number of aromatic nitrogens is 2. The maximum absolute atomic E-state index is 5.20. The number of hydrogen-bond donors (Lipinski definition) is 2. The quantitative estimate of drug-likeness (QED) is 0.865. The van der Waals surface area contributed by atoms with Crippen LogP contribution in [-0.2, 0) is 13.0 Å². The van der Waals surface area contributed by atoms with Crippen LogP contribution in [0.1, 0.15) is 36.9 Å². The van der Waals surface area contributed by atoms with Crippen LogP contribution in [0.15, 0.2) is 0 Å². The van der Waals surface area contributed by atoms with Crippen molar-refractivity contribution >= 4 is 5.82 Å². The van der Waals surface area contributed by atoms with Crippen molar-refractivity contribution in [3.63, 3.8) is 0 Å². The number of methoxy groups -OCH3 is 1. The number of anilines is 1. The average molecular weight is 262 g/mol. The molecule has 0 radical (unpaired) electrons. The molecule has 0 amide bonds. The Morgan fingerprint density at radius 2 is 2.16 bits per heavy atom. The molecule has 0 saturated heterocycles. The summed E-state index contributed by atoms with van der Waals surface area (Å²) in [6, 6.07) is 0.469. The van der Waals surface area contributed by atoms with Gasteiger partial charge in [0.15, 0.2) is 0 Å². The molecule has 1 aliphatic heterocycles. The van der Waals surface area contributed by atoms with Crippen LogP contribution in [0.3, 0.4) is 0 Å². The van der Waals surface area contributed by atoms with Crippen molar-refractivity contribution in [1.82, 2.24) is 15.3 Å². The first-order chi connectivity index (χ1) is 9.36. The van der Waals surface area contributed by atoms with Gasteiger partial charge in [0.1, 0.15) is 5.82 Å². The fourth-order valence-electron chi connectivity index (χ4n) is 3.03. The highest BCUT2D eigenvalue weighted by Gasteiger charge is 2.20. The molecule has 2 N–H and O–H groups in total. The van der Waals surface area contributed by atoms with Gasteiger partial charge in [-0.25, -0.2) is 0 Å². The Morgan fingerprint density at radius 3 is 2.95 bits per heavy atom. The number of nitrogens with one attached hydrogen (secondary N) is 2. The minimum Gasteiger partial charge on any atom is -0.467 e. The molecule has 3 rings (SSSR count). The normalized spacial score (nSPS) is 19.2. The summed E-state index contributed by atoms with van der Waals surface area (Å²) in [7, 11) is 1.62. The number of nitrogens with zero attached hydrogens (tertiary/aromatic N) is 2. The molecule has 1 saturated carbocycles. The summed E-state index contributed by atoms with van der Waals surface area (Å²) in [4.78, 5) is 8.93. The molecule has 104 valence electrons. The smallest absolute Gasteiger partial charge is 0.318 e. The molecule has 19 heavy (non-hydrogen) atoms. The SMILES string of the molecule is COc1nc2c(c(NCC3CCCC3)n1)CCNC2. The van der Waals surface area contributed by atoms with Crippen LogP contribution in [0, 0.1) is 5.92 Å². The van der Waals surface area contributed by atoms with Crippen molar-refractivity contribution < 1.29 is 4.74 Å². The van der Waals surface area contributed by atoms with E-state index in [0.717, 1.165) is 43.5 Å². The van der Waals surface area contributed by atoms with Gasteiger partial charge in [0.2, 0.25) is 0 Å². The van der Waals surface area contributed by atoms with Gasteiger partial charge in [0.25, 0.3) is 0 Å². The predicted molar refractivity (Wildman–Crippen MR) is 74.4 cm³/mol. The van der Waals surface area contributed by atoms with Crippen LogP contribution in [0.2, 0.25) is 0 Å². The van der Waals surface area contributed by atoms with Crippen LogP contribution in [-0.4, -0.2) is 30.2 Å². The van der Waals surface area contributed by atoms with Crippen molar-refractivity contribution in [3.8, 4) is 6.01 Å². The third kappa shape index (κ3) is 2.81. The zero-order chi connectivity index (χ0) is 13.1. The highest BCUT2D eigenvalue weighted by Crippen LogP contribution is 2.27. The molecule has 5 nitrogen and oxygen atoms in total. The second-order valence-electron chi connectivity index (χ2n) is 5.44. The standard InChI is InChI=1S/C14H22N4O/c1-19-14-17-12-9-15-7-6-11(12)13(18-14)16-8-10-4-2-3-5-10/h10,15H,2-9H2,1H3,(H,16,17,18). The summed E-state index contributed by atoms with van der Waals surface area (Å²) >= 11 is 0. The van der Waals surface area contributed by atoms with Gasteiger partial charge in [0.05, 0.1) is 12.8 Å². The maximum atomic E-state index is 5.20. The van der Waals surface area contributed by atoms with E-state index in [2.05, 4.69) is 20.6 Å². The zero-order valence-corrected chi connectivity index (χ0v) is 11.5. The molecule has 5 heteroatoms. The van der Waals surface area contributed by atoms with Crippen LogP contribution in [0.5, 0.6) is 6.01 Å². The summed E-state index contributed by atoms with van der Waals surface area (Å²) in [5, 5.41) is 6.87. The Labute approximate surface area is 114 Å². The van der Waals surface area contributed by atoms with Gasteiger partial charge in [-0.05, 0) is 31.7 Å². The monoisotopic (exact) mass is 262 g/mol. The van der Waals surface area contributed by atoms with Gasteiger partial charge >= 0.3 is 6.01 Å². The van der Waals surface area contributed by atoms with E-state index in [9.17, 15) is 0 Å². The third-order valence-electron chi connectivity index (χ3n) is 4.13. The Bertz CT molecular complexity index is 443. The minimum absolute atomic E-state index is 0.469. The Morgan fingerprint density at radius 1 is 1.32 bits per heavy atom. The van der Waals surface area contributed by atoms with E-state index in [1.54, 1.807) is 7.11 Å². The topological polar surface area (TPSA) is 59.1 Å². The van der Waals surface area contributed by atoms with E-state index in [1.807, 2.05) is 0 Å². The van der Waals surface area contributed by atoms with Gasteiger partial charge in [-0.3, -0.25) is 0 Å². The lowest BCUT2D eigenvalue weighted by Gasteiger charge is -2.21. The first-order valence-electron chi connectivity index (χ1n) is 7.25. The van der Waals surface area contributed by atoms with Crippen molar-refractivity contribution in [2.75, 3.05) is 25.5 Å². The van der Waals surface area contributed by atoms with E-state index >= 15 is 0 Å². The molecule has 0 spiro atoms. The van der Waals surface area contributed by atoms with Crippen molar-refractivity contribution in [1.29, 1.82) is 0 Å². The lowest BCUT2D eigenvalue weighted by molar-refractivity contribution is 0.376. The van der Waals surface area contributed by atoms with Crippen molar-refractivity contribution in [3.05, 3.63) is 11.3 Å². The summed E-state index contributed by atoms with van der Waals surface area (Å²) < 4.78 is 5.20. The average Bonchev–Trinajstić information content (AvgIpc) is 2.97. The van der Waals surface area contributed by atoms with E-state index in [0.29, 0.717) is 6.01 Å². The number of ether oxygens (including phenoxy) is 1. The Balaban J connectivity index is 1.77. The fraction of sp³-hybridized carbons (Fsp3) is 0.714. The van der Waals surface area contributed by atoms with Crippen LogP contribution < -0.4 is 15.4 Å². The number of fused-ring (bicyclic) bond motifs is 1. The molecular weight excluding hydrogens is 240 g/mol. The molecule has 0 unspecified atom stereocenters. The summed E-state index contributed by atoms with van der Waals surface area (Å²) in [5.74, 6) is 1.79. The first kappa shape index (κ1) is 12.7. The minimum atomic E-state index is 0.469. The Kier molecular flexibility index (Phi) is 3.82. The Hall–Kier alpha value is -1.36. The molecule has 0 bridgehead atoms. The van der Waals surface area contributed by atoms with E-state index in [-0.39, 0.29) is 0 Å². The molecule has 0 atom stereocenters.